The molecule has 0 radical (unpaired) electrons. The van der Waals surface area contributed by atoms with Crippen LogP contribution in [0, 0.1) is 0 Å². The summed E-state index contributed by atoms with van der Waals surface area (Å²) in [5.74, 6) is 1.52. The molecule has 1 N–H and O–H groups in total. The molecule has 0 fully saturated rings. The Balaban J connectivity index is 1.52. The van der Waals surface area contributed by atoms with Gasteiger partial charge in [0.1, 0.15) is 0 Å². The van der Waals surface area contributed by atoms with Gasteiger partial charge >= 0.3 is 0 Å². The second kappa shape index (κ2) is 11.2. The van der Waals surface area contributed by atoms with Crippen LogP contribution in [0.4, 0.5) is 0 Å². The normalized spacial score (nSPS) is 12.5. The van der Waals surface area contributed by atoms with Crippen molar-refractivity contribution in [1.82, 2.24) is 20.4 Å². The predicted octanol–water partition coefficient (Wildman–Crippen LogP) is 5.05. The topological polar surface area (TPSA) is 71.3 Å². The van der Waals surface area contributed by atoms with Crippen molar-refractivity contribution in [3.05, 3.63) is 58.1 Å². The number of aryl methyl sites for hydroxylation is 1. The summed E-state index contributed by atoms with van der Waals surface area (Å²) in [6.07, 6.45) is 0.750. The van der Waals surface area contributed by atoms with Gasteiger partial charge in [0.2, 0.25) is 17.6 Å². The molecule has 1 amide bonds. The maximum absolute atomic E-state index is 12.5. The monoisotopic (exact) mass is 440 g/mol. The van der Waals surface area contributed by atoms with E-state index in [4.69, 9.17) is 4.52 Å². The first-order chi connectivity index (χ1) is 15.0. The average molecular weight is 441 g/mol. The Morgan fingerprint density at radius 3 is 2.48 bits per heavy atom. The van der Waals surface area contributed by atoms with Crippen molar-refractivity contribution in [2.45, 2.75) is 52.5 Å². The SMILES string of the molecule is CCN(CC)C(CNC(=O)CCc1nc(-c2ccc(C(C)C)cc2)no1)c1ccsc1. The lowest BCUT2D eigenvalue weighted by atomic mass is 10.0. The standard InChI is InChI=1S/C24H32N4O2S/c1-5-28(6-2)21(20-13-14-31-16-20)15-25-22(29)11-12-23-26-24(27-30-23)19-9-7-18(8-10-19)17(3)4/h7-10,13-14,16-17,21H,5-6,11-12,15H2,1-4H3,(H,25,29). The zero-order valence-corrected chi connectivity index (χ0v) is 19.6. The van der Waals surface area contributed by atoms with Crippen molar-refractivity contribution in [1.29, 1.82) is 0 Å². The van der Waals surface area contributed by atoms with E-state index in [-0.39, 0.29) is 11.9 Å². The number of hydrogen-bond acceptors (Lipinski definition) is 6. The number of carbonyl (C=O) groups is 1. The van der Waals surface area contributed by atoms with E-state index in [1.807, 2.05) is 12.1 Å². The van der Waals surface area contributed by atoms with Crippen molar-refractivity contribution in [2.24, 2.45) is 0 Å². The summed E-state index contributed by atoms with van der Waals surface area (Å²) < 4.78 is 5.36. The van der Waals surface area contributed by atoms with Crippen LogP contribution in [0.25, 0.3) is 11.4 Å². The molecule has 1 unspecified atom stereocenters. The van der Waals surface area contributed by atoms with Gasteiger partial charge in [-0.25, -0.2) is 0 Å². The maximum atomic E-state index is 12.5. The maximum Gasteiger partial charge on any atom is 0.227 e. The minimum absolute atomic E-state index is 0.00609. The predicted molar refractivity (Wildman–Crippen MR) is 125 cm³/mol. The van der Waals surface area contributed by atoms with Crippen LogP contribution in [0.2, 0.25) is 0 Å². The number of aromatic nitrogens is 2. The molecule has 0 aliphatic carbocycles. The van der Waals surface area contributed by atoms with Crippen LogP contribution in [0.15, 0.2) is 45.6 Å². The number of likely N-dealkylation sites (N-methyl/N-ethyl adjacent to an activating group) is 1. The molecule has 3 rings (SSSR count). The molecule has 0 aliphatic rings. The molecule has 31 heavy (non-hydrogen) atoms. The number of amides is 1. The van der Waals surface area contributed by atoms with Crippen LogP contribution >= 0.6 is 11.3 Å². The van der Waals surface area contributed by atoms with Crippen molar-refractivity contribution < 1.29 is 9.32 Å². The molecule has 0 spiro atoms. The smallest absolute Gasteiger partial charge is 0.227 e. The Morgan fingerprint density at radius 2 is 1.87 bits per heavy atom. The van der Waals surface area contributed by atoms with E-state index in [2.05, 4.69) is 77.0 Å². The Kier molecular flexibility index (Phi) is 8.37. The third kappa shape index (κ3) is 6.24. The molecule has 6 nitrogen and oxygen atoms in total. The number of rotatable bonds is 11. The van der Waals surface area contributed by atoms with E-state index in [1.165, 1.54) is 11.1 Å². The number of hydrogen-bond donors (Lipinski definition) is 1. The molecule has 0 saturated heterocycles. The summed E-state index contributed by atoms with van der Waals surface area (Å²) in [4.78, 5) is 19.3. The minimum Gasteiger partial charge on any atom is -0.354 e. The third-order valence-electron chi connectivity index (χ3n) is 5.54. The number of nitrogens with one attached hydrogen (secondary N) is 1. The van der Waals surface area contributed by atoms with Crippen LogP contribution in [0.5, 0.6) is 0 Å². The molecule has 3 aromatic rings. The Bertz CT molecular complexity index is 931. The van der Waals surface area contributed by atoms with Crippen LogP contribution in [0.3, 0.4) is 0 Å². The van der Waals surface area contributed by atoms with Crippen LogP contribution < -0.4 is 5.32 Å². The van der Waals surface area contributed by atoms with Crippen molar-refractivity contribution in [3.63, 3.8) is 0 Å². The molecular formula is C24H32N4O2S. The Labute approximate surface area is 188 Å². The van der Waals surface area contributed by atoms with E-state index in [0.29, 0.717) is 37.0 Å². The van der Waals surface area contributed by atoms with Crippen molar-refractivity contribution in [3.8, 4) is 11.4 Å². The largest absolute Gasteiger partial charge is 0.354 e. The molecule has 2 aromatic heterocycles. The molecule has 166 valence electrons. The highest BCUT2D eigenvalue weighted by Gasteiger charge is 2.19. The Hall–Kier alpha value is -2.51. The number of nitrogens with zero attached hydrogens (tertiary/aromatic N) is 3. The van der Waals surface area contributed by atoms with Gasteiger partial charge in [-0.3, -0.25) is 9.69 Å². The fourth-order valence-corrected chi connectivity index (χ4v) is 4.30. The summed E-state index contributed by atoms with van der Waals surface area (Å²) in [5, 5.41) is 11.4. The van der Waals surface area contributed by atoms with Crippen LogP contribution in [-0.4, -0.2) is 40.6 Å². The van der Waals surface area contributed by atoms with Crippen LogP contribution in [0.1, 0.15) is 63.1 Å². The van der Waals surface area contributed by atoms with E-state index in [9.17, 15) is 4.79 Å². The lowest BCUT2D eigenvalue weighted by Gasteiger charge is -2.29. The molecule has 0 bridgehead atoms. The minimum atomic E-state index is -0.00609. The van der Waals surface area contributed by atoms with Gasteiger partial charge in [-0.2, -0.15) is 16.3 Å². The second-order valence-corrected chi connectivity index (χ2v) is 8.67. The highest BCUT2D eigenvalue weighted by molar-refractivity contribution is 7.07. The highest BCUT2D eigenvalue weighted by atomic mass is 32.1. The fraction of sp³-hybridized carbons (Fsp3) is 0.458. The molecule has 0 saturated carbocycles. The molecule has 0 aliphatic heterocycles. The number of thiophene rings is 1. The molecular weight excluding hydrogens is 408 g/mol. The third-order valence-corrected chi connectivity index (χ3v) is 6.24. The van der Waals surface area contributed by atoms with Gasteiger partial charge in [0, 0.05) is 24.9 Å². The summed E-state index contributed by atoms with van der Waals surface area (Å²) in [7, 11) is 0. The van der Waals surface area contributed by atoms with Crippen LogP contribution in [-0.2, 0) is 11.2 Å². The number of carbonyl (C=O) groups excluding carboxylic acids is 1. The first-order valence-corrected chi connectivity index (χ1v) is 11.9. The molecule has 7 heteroatoms. The summed E-state index contributed by atoms with van der Waals surface area (Å²) in [5.41, 5.74) is 3.44. The summed E-state index contributed by atoms with van der Waals surface area (Å²) in [6, 6.07) is 10.5. The van der Waals surface area contributed by atoms with Gasteiger partial charge in [-0.15, -0.1) is 0 Å². The number of benzene rings is 1. The summed E-state index contributed by atoms with van der Waals surface area (Å²) in [6.45, 7) is 11.1. The van der Waals surface area contributed by atoms with Crippen molar-refractivity contribution >= 4 is 17.2 Å². The molecule has 2 heterocycles. The van der Waals surface area contributed by atoms with E-state index < -0.39 is 0 Å². The fourth-order valence-electron chi connectivity index (χ4n) is 3.60. The van der Waals surface area contributed by atoms with Gasteiger partial charge in [0.05, 0.1) is 6.04 Å². The van der Waals surface area contributed by atoms with Gasteiger partial charge in [-0.05, 0) is 47.0 Å². The zero-order valence-electron chi connectivity index (χ0n) is 18.8. The quantitative estimate of drug-likeness (QED) is 0.452. The van der Waals surface area contributed by atoms with Gasteiger partial charge in [0.25, 0.3) is 0 Å². The van der Waals surface area contributed by atoms with E-state index in [0.717, 1.165) is 18.7 Å². The second-order valence-electron chi connectivity index (χ2n) is 7.89. The highest BCUT2D eigenvalue weighted by Crippen LogP contribution is 2.23. The van der Waals surface area contributed by atoms with E-state index >= 15 is 0 Å². The zero-order chi connectivity index (χ0) is 22.2. The van der Waals surface area contributed by atoms with Gasteiger partial charge < -0.3 is 9.84 Å². The van der Waals surface area contributed by atoms with Gasteiger partial charge in [0.15, 0.2) is 0 Å². The summed E-state index contributed by atoms with van der Waals surface area (Å²) >= 11 is 1.68. The first kappa shape index (κ1) is 23.2. The lowest BCUT2D eigenvalue weighted by molar-refractivity contribution is -0.121. The average Bonchev–Trinajstić information content (AvgIpc) is 3.47. The molecule has 1 atom stereocenters. The van der Waals surface area contributed by atoms with Gasteiger partial charge in [-0.1, -0.05) is 57.1 Å². The molecule has 1 aromatic carbocycles. The first-order valence-electron chi connectivity index (χ1n) is 11.0. The Morgan fingerprint density at radius 1 is 1.13 bits per heavy atom. The lowest BCUT2D eigenvalue weighted by Crippen LogP contribution is -2.38. The van der Waals surface area contributed by atoms with Crippen molar-refractivity contribution in [2.75, 3.05) is 19.6 Å². The van der Waals surface area contributed by atoms with E-state index in [1.54, 1.807) is 11.3 Å².